The molecule has 5 rings (SSSR count). The lowest BCUT2D eigenvalue weighted by Gasteiger charge is -2.40. The van der Waals surface area contributed by atoms with Crippen LogP contribution in [0.25, 0.3) is 0 Å². The Hall–Kier alpha value is -2.95. The lowest BCUT2D eigenvalue weighted by molar-refractivity contribution is 0.0652. The first-order valence-corrected chi connectivity index (χ1v) is 9.56. The molecule has 5 heteroatoms. The number of carbonyl (C=O) groups excluding carboxylic acids is 1. The molecule has 2 heterocycles. The molecule has 1 fully saturated rings. The van der Waals surface area contributed by atoms with Crippen molar-refractivity contribution in [1.29, 1.82) is 0 Å². The second-order valence-corrected chi connectivity index (χ2v) is 7.66. The molecule has 1 N–H and O–H groups in total. The largest absolute Gasteiger partial charge is 0.336 e. The van der Waals surface area contributed by atoms with Crippen LogP contribution in [0.15, 0.2) is 60.9 Å². The number of aromatic amines is 1. The summed E-state index contributed by atoms with van der Waals surface area (Å²) in [4.78, 5) is 18.5. The van der Waals surface area contributed by atoms with Crippen LogP contribution in [0.2, 0.25) is 0 Å². The van der Waals surface area contributed by atoms with E-state index in [1.54, 1.807) is 0 Å². The summed E-state index contributed by atoms with van der Waals surface area (Å²) in [7, 11) is 0. The number of hydrogen-bond donors (Lipinski definition) is 1. The van der Waals surface area contributed by atoms with Crippen molar-refractivity contribution >= 4 is 5.91 Å². The molecule has 1 aliphatic heterocycles. The molecule has 5 nitrogen and oxygen atoms in total. The smallest absolute Gasteiger partial charge is 0.291 e. The number of nitrogens with zero attached hydrogens (tertiary/aromatic N) is 3. The van der Waals surface area contributed by atoms with Gasteiger partial charge >= 0.3 is 0 Å². The number of aromatic nitrogens is 3. The molecule has 2 aromatic carbocycles. The quantitative estimate of drug-likeness (QED) is 0.762. The number of piperidine rings is 1. The van der Waals surface area contributed by atoms with E-state index in [2.05, 4.69) is 69.8 Å². The van der Waals surface area contributed by atoms with Crippen LogP contribution in [0.4, 0.5) is 0 Å². The van der Waals surface area contributed by atoms with E-state index in [1.165, 1.54) is 23.0 Å². The van der Waals surface area contributed by atoms with Gasteiger partial charge in [0, 0.05) is 19.0 Å². The number of nitrogens with one attached hydrogen (secondary N) is 1. The van der Waals surface area contributed by atoms with Gasteiger partial charge in [0.2, 0.25) is 5.82 Å². The van der Waals surface area contributed by atoms with Gasteiger partial charge in [-0.3, -0.25) is 9.89 Å². The Kier molecular flexibility index (Phi) is 3.81. The van der Waals surface area contributed by atoms with Crippen LogP contribution < -0.4 is 0 Å². The summed E-state index contributed by atoms with van der Waals surface area (Å²) in [5, 5.41) is 6.49. The SMILES string of the molecule is O=C(c1ncn[nH]1)N1CCC2(CC1)CC(c1ccccc1)c1ccccc12. The van der Waals surface area contributed by atoms with Crippen molar-refractivity contribution in [3.05, 3.63) is 83.4 Å². The molecule has 136 valence electrons. The predicted molar refractivity (Wildman–Crippen MR) is 103 cm³/mol. The molecule has 1 saturated heterocycles. The molecule has 1 aliphatic carbocycles. The fourth-order valence-corrected chi connectivity index (χ4v) is 4.95. The zero-order valence-electron chi connectivity index (χ0n) is 15.1. The third-order valence-electron chi connectivity index (χ3n) is 6.33. The molecule has 1 unspecified atom stereocenters. The average molecular weight is 358 g/mol. The standard InChI is InChI=1S/C22H22N4O/c27-21(20-23-15-24-25-20)26-12-10-22(11-13-26)14-18(16-6-2-1-3-7-16)17-8-4-5-9-19(17)22/h1-9,15,18H,10-14H2,(H,23,24,25). The van der Waals surface area contributed by atoms with Gasteiger partial charge in [-0.1, -0.05) is 54.6 Å². The van der Waals surface area contributed by atoms with Gasteiger partial charge in [-0.05, 0) is 41.4 Å². The van der Waals surface area contributed by atoms with Crippen molar-refractivity contribution in [3.63, 3.8) is 0 Å². The molecular formula is C22H22N4O. The zero-order chi connectivity index (χ0) is 18.3. The second-order valence-electron chi connectivity index (χ2n) is 7.66. The highest BCUT2D eigenvalue weighted by atomic mass is 16.2. The van der Waals surface area contributed by atoms with Crippen molar-refractivity contribution in [1.82, 2.24) is 20.1 Å². The maximum atomic E-state index is 12.6. The summed E-state index contributed by atoms with van der Waals surface area (Å²) in [6, 6.07) is 19.7. The first-order valence-electron chi connectivity index (χ1n) is 9.56. The van der Waals surface area contributed by atoms with Crippen molar-refractivity contribution in [2.75, 3.05) is 13.1 Å². The summed E-state index contributed by atoms with van der Waals surface area (Å²) < 4.78 is 0. The highest BCUT2D eigenvalue weighted by Gasteiger charge is 2.46. The van der Waals surface area contributed by atoms with Crippen LogP contribution in [0.1, 0.15) is 52.5 Å². The molecule has 2 aliphatic rings. The Balaban J connectivity index is 1.42. The van der Waals surface area contributed by atoms with E-state index in [-0.39, 0.29) is 11.3 Å². The number of benzene rings is 2. The molecule has 0 radical (unpaired) electrons. The maximum Gasteiger partial charge on any atom is 0.291 e. The molecule has 1 aromatic heterocycles. The average Bonchev–Trinajstić information content (AvgIpc) is 3.37. The van der Waals surface area contributed by atoms with Gasteiger partial charge in [0.05, 0.1) is 0 Å². The predicted octanol–water partition coefficient (Wildman–Crippen LogP) is 3.51. The third kappa shape index (κ3) is 2.65. The first kappa shape index (κ1) is 16.2. The minimum Gasteiger partial charge on any atom is -0.336 e. The third-order valence-corrected chi connectivity index (χ3v) is 6.33. The van der Waals surface area contributed by atoms with E-state index in [1.807, 2.05) is 4.90 Å². The van der Waals surface area contributed by atoms with Gasteiger partial charge in [0.15, 0.2) is 0 Å². The fraction of sp³-hybridized carbons (Fsp3) is 0.318. The van der Waals surface area contributed by atoms with Gasteiger partial charge in [0.25, 0.3) is 5.91 Å². The number of fused-ring (bicyclic) bond motifs is 2. The van der Waals surface area contributed by atoms with E-state index < -0.39 is 0 Å². The van der Waals surface area contributed by atoms with E-state index in [0.717, 1.165) is 32.4 Å². The van der Waals surface area contributed by atoms with Crippen LogP contribution in [-0.2, 0) is 5.41 Å². The lowest BCUT2D eigenvalue weighted by Crippen LogP contribution is -2.44. The summed E-state index contributed by atoms with van der Waals surface area (Å²) in [5.74, 6) is 0.729. The number of H-pyrrole nitrogens is 1. The van der Waals surface area contributed by atoms with Gasteiger partial charge < -0.3 is 4.90 Å². The summed E-state index contributed by atoms with van der Waals surface area (Å²) in [6.45, 7) is 1.52. The van der Waals surface area contributed by atoms with Crippen LogP contribution in [0.5, 0.6) is 0 Å². The van der Waals surface area contributed by atoms with Gasteiger partial charge in [-0.2, -0.15) is 5.10 Å². The lowest BCUT2D eigenvalue weighted by atomic mass is 9.73. The van der Waals surface area contributed by atoms with Gasteiger partial charge in [0.1, 0.15) is 6.33 Å². The molecule has 1 amide bonds. The molecule has 0 saturated carbocycles. The van der Waals surface area contributed by atoms with Crippen molar-refractivity contribution in [2.24, 2.45) is 0 Å². The van der Waals surface area contributed by atoms with Gasteiger partial charge in [-0.25, -0.2) is 4.98 Å². The number of carbonyl (C=O) groups is 1. The van der Waals surface area contributed by atoms with E-state index in [4.69, 9.17) is 0 Å². The molecule has 1 spiro atoms. The van der Waals surface area contributed by atoms with Crippen molar-refractivity contribution < 1.29 is 4.79 Å². The number of rotatable bonds is 2. The second kappa shape index (κ2) is 6.34. The monoisotopic (exact) mass is 358 g/mol. The number of amides is 1. The Morgan fingerprint density at radius 3 is 2.52 bits per heavy atom. The first-order chi connectivity index (χ1) is 13.3. The highest BCUT2D eigenvalue weighted by molar-refractivity contribution is 5.90. The summed E-state index contributed by atoms with van der Waals surface area (Å²) in [5.41, 5.74) is 4.49. The Morgan fingerprint density at radius 1 is 1.04 bits per heavy atom. The Bertz CT molecular complexity index is 943. The highest BCUT2D eigenvalue weighted by Crippen LogP contribution is 2.53. The minimum absolute atomic E-state index is 0.0479. The number of hydrogen-bond acceptors (Lipinski definition) is 3. The van der Waals surface area contributed by atoms with Crippen LogP contribution in [0, 0.1) is 0 Å². The van der Waals surface area contributed by atoms with Crippen molar-refractivity contribution in [3.8, 4) is 0 Å². The molecular weight excluding hydrogens is 336 g/mol. The van der Waals surface area contributed by atoms with Crippen molar-refractivity contribution in [2.45, 2.75) is 30.6 Å². The number of likely N-dealkylation sites (tertiary alicyclic amines) is 1. The van der Waals surface area contributed by atoms with Crippen LogP contribution in [0.3, 0.4) is 0 Å². The van der Waals surface area contributed by atoms with E-state index >= 15 is 0 Å². The summed E-state index contributed by atoms with van der Waals surface area (Å²) >= 11 is 0. The minimum atomic E-state index is -0.0479. The van der Waals surface area contributed by atoms with Gasteiger partial charge in [-0.15, -0.1) is 0 Å². The molecule has 3 aromatic rings. The summed E-state index contributed by atoms with van der Waals surface area (Å²) in [6.07, 6.45) is 4.50. The fourth-order valence-electron chi connectivity index (χ4n) is 4.95. The Labute approximate surface area is 158 Å². The zero-order valence-corrected chi connectivity index (χ0v) is 15.1. The van der Waals surface area contributed by atoms with Crippen LogP contribution >= 0.6 is 0 Å². The molecule has 0 bridgehead atoms. The molecule has 27 heavy (non-hydrogen) atoms. The maximum absolute atomic E-state index is 12.6. The van der Waals surface area contributed by atoms with E-state index in [0.29, 0.717) is 11.7 Å². The molecule has 1 atom stereocenters. The topological polar surface area (TPSA) is 61.9 Å². The normalized spacial score (nSPS) is 20.6. The Morgan fingerprint density at radius 2 is 1.78 bits per heavy atom. The van der Waals surface area contributed by atoms with E-state index in [9.17, 15) is 4.79 Å². The van der Waals surface area contributed by atoms with Crippen LogP contribution in [-0.4, -0.2) is 39.1 Å².